The van der Waals surface area contributed by atoms with Crippen LogP contribution in [0, 0.1) is 0 Å². The number of thioether (sulfide) groups is 1. The van der Waals surface area contributed by atoms with Crippen LogP contribution in [0.4, 0.5) is 5.69 Å². The highest BCUT2D eigenvalue weighted by molar-refractivity contribution is 7.99. The number of carbonyl (C=O) groups excluding carboxylic acids is 3. The fourth-order valence-electron chi connectivity index (χ4n) is 3.11. The molecule has 4 rings (SSSR count). The van der Waals surface area contributed by atoms with Gasteiger partial charge < -0.3 is 14.8 Å². The van der Waals surface area contributed by atoms with Gasteiger partial charge in [0.15, 0.2) is 19.0 Å². The average Bonchev–Trinajstić information content (AvgIpc) is 3.28. The number of Topliss-reactive ketones (excluding diaryl/α,β-unsaturated/α-hetero) is 1. The number of thiophene rings is 1. The van der Waals surface area contributed by atoms with E-state index in [1.165, 1.54) is 27.9 Å². The van der Waals surface area contributed by atoms with Gasteiger partial charge in [0.1, 0.15) is 15.5 Å². The molecule has 0 saturated carbocycles. The van der Waals surface area contributed by atoms with Crippen molar-refractivity contribution in [3.63, 3.8) is 0 Å². The number of rotatable bonds is 6. The Kier molecular flexibility index (Phi) is 6.32. The Hall–Kier alpha value is -2.41. The maximum atomic E-state index is 12.9. The molecule has 1 saturated heterocycles. The van der Waals surface area contributed by atoms with Gasteiger partial charge in [0.2, 0.25) is 10.0 Å². The zero-order chi connectivity index (χ0) is 22.0. The molecule has 0 bridgehead atoms. The summed E-state index contributed by atoms with van der Waals surface area (Å²) in [6.07, 6.45) is 0. The number of nitrogens with zero attached hydrogens (tertiary/aromatic N) is 1. The summed E-state index contributed by atoms with van der Waals surface area (Å²) in [6.45, 7) is 0.104. The highest BCUT2D eigenvalue weighted by Crippen LogP contribution is 2.29. The minimum Gasteiger partial charge on any atom is -0.482 e. The third kappa shape index (κ3) is 4.61. The van der Waals surface area contributed by atoms with Crippen LogP contribution in [0.1, 0.15) is 20.0 Å². The molecule has 0 radical (unpaired) electrons. The van der Waals surface area contributed by atoms with Crippen molar-refractivity contribution < 1.29 is 32.3 Å². The first-order chi connectivity index (χ1) is 14.9. The van der Waals surface area contributed by atoms with Crippen molar-refractivity contribution >= 4 is 56.5 Å². The summed E-state index contributed by atoms with van der Waals surface area (Å²) < 4.78 is 37.5. The van der Waals surface area contributed by atoms with Gasteiger partial charge >= 0.3 is 5.97 Å². The van der Waals surface area contributed by atoms with Crippen LogP contribution in [-0.4, -0.2) is 68.2 Å². The number of ketones is 1. The topological polar surface area (TPSA) is 119 Å². The van der Waals surface area contributed by atoms with Crippen LogP contribution in [0.2, 0.25) is 0 Å². The highest BCUT2D eigenvalue weighted by atomic mass is 32.2. The second kappa shape index (κ2) is 8.99. The molecule has 2 aliphatic rings. The Balaban J connectivity index is 1.44. The first-order valence-corrected chi connectivity index (χ1v) is 12.8. The van der Waals surface area contributed by atoms with Crippen LogP contribution in [-0.2, 0) is 19.6 Å². The molecular weight excluding hydrogens is 464 g/mol. The molecule has 12 heteroatoms. The quantitative estimate of drug-likeness (QED) is 0.490. The molecule has 164 valence electrons. The van der Waals surface area contributed by atoms with Crippen LogP contribution < -0.4 is 10.1 Å². The second-order valence-corrected chi connectivity index (χ2v) is 10.7. The van der Waals surface area contributed by atoms with Gasteiger partial charge in [0, 0.05) is 30.2 Å². The summed E-state index contributed by atoms with van der Waals surface area (Å²) >= 11 is 2.63. The minimum absolute atomic E-state index is 0.0582. The summed E-state index contributed by atoms with van der Waals surface area (Å²) in [5.74, 6) is 0.140. The Morgan fingerprint density at radius 2 is 1.97 bits per heavy atom. The molecule has 0 unspecified atom stereocenters. The molecule has 1 N–H and O–H groups in total. The van der Waals surface area contributed by atoms with Gasteiger partial charge in [0.05, 0.1) is 5.69 Å². The van der Waals surface area contributed by atoms with Gasteiger partial charge in [-0.2, -0.15) is 16.1 Å². The number of sulfonamides is 1. The largest absolute Gasteiger partial charge is 0.482 e. The summed E-state index contributed by atoms with van der Waals surface area (Å²) in [7, 11) is -3.81. The lowest BCUT2D eigenvalue weighted by molar-refractivity contribution is -0.118. The third-order valence-electron chi connectivity index (χ3n) is 4.67. The van der Waals surface area contributed by atoms with Gasteiger partial charge in [-0.05, 0) is 29.6 Å². The lowest BCUT2D eigenvalue weighted by Crippen LogP contribution is -2.38. The van der Waals surface area contributed by atoms with Gasteiger partial charge in [-0.25, -0.2) is 13.2 Å². The van der Waals surface area contributed by atoms with E-state index in [2.05, 4.69) is 5.32 Å². The smallest absolute Gasteiger partial charge is 0.350 e. The van der Waals surface area contributed by atoms with Gasteiger partial charge in [-0.1, -0.05) is 0 Å². The van der Waals surface area contributed by atoms with Crippen molar-refractivity contribution in [2.24, 2.45) is 0 Å². The number of hydrogen-bond donors (Lipinski definition) is 1. The van der Waals surface area contributed by atoms with E-state index >= 15 is 0 Å². The van der Waals surface area contributed by atoms with E-state index in [0.29, 0.717) is 36.0 Å². The number of benzene rings is 1. The highest BCUT2D eigenvalue weighted by Gasteiger charge is 2.32. The first kappa shape index (κ1) is 21.8. The lowest BCUT2D eigenvalue weighted by Gasteiger charge is -2.25. The van der Waals surface area contributed by atoms with Crippen LogP contribution in [0.25, 0.3) is 0 Å². The maximum absolute atomic E-state index is 12.9. The predicted octanol–water partition coefficient (Wildman–Crippen LogP) is 1.86. The molecule has 1 fully saturated rings. The number of ether oxygens (including phenoxy) is 2. The van der Waals surface area contributed by atoms with Crippen molar-refractivity contribution in [3.8, 4) is 5.75 Å². The molecule has 1 aromatic heterocycles. The zero-order valence-corrected chi connectivity index (χ0v) is 18.6. The second-order valence-electron chi connectivity index (χ2n) is 6.68. The minimum atomic E-state index is -3.81. The van der Waals surface area contributed by atoms with E-state index in [1.54, 1.807) is 17.8 Å². The molecular formula is C19H18N2O7S3. The number of carbonyl (C=O) groups is 3. The molecule has 0 spiro atoms. The number of anilines is 1. The van der Waals surface area contributed by atoms with Crippen LogP contribution in [0.5, 0.6) is 5.75 Å². The number of nitrogens with one attached hydrogen (secondary N) is 1. The van der Waals surface area contributed by atoms with E-state index in [-0.39, 0.29) is 27.9 Å². The number of hydrogen-bond acceptors (Lipinski definition) is 9. The number of esters is 1. The van der Waals surface area contributed by atoms with E-state index in [0.717, 1.165) is 11.3 Å². The first-order valence-electron chi connectivity index (χ1n) is 9.28. The van der Waals surface area contributed by atoms with Gasteiger partial charge in [0.25, 0.3) is 5.91 Å². The van der Waals surface area contributed by atoms with Crippen molar-refractivity contribution in [2.75, 3.05) is 43.1 Å². The summed E-state index contributed by atoms with van der Waals surface area (Å²) in [4.78, 5) is 36.3. The third-order valence-corrected chi connectivity index (χ3v) is 8.58. The predicted molar refractivity (Wildman–Crippen MR) is 116 cm³/mol. The van der Waals surface area contributed by atoms with Crippen LogP contribution in [0.3, 0.4) is 0 Å². The zero-order valence-electron chi connectivity index (χ0n) is 16.2. The molecule has 0 atom stereocenters. The molecule has 9 nitrogen and oxygen atoms in total. The van der Waals surface area contributed by atoms with Gasteiger partial charge in [-0.3, -0.25) is 9.59 Å². The van der Waals surface area contributed by atoms with Crippen LogP contribution >= 0.6 is 23.1 Å². The molecule has 1 aromatic carbocycles. The summed E-state index contributed by atoms with van der Waals surface area (Å²) in [6, 6.07) is 5.87. The van der Waals surface area contributed by atoms with Crippen molar-refractivity contribution in [3.05, 3.63) is 40.1 Å². The maximum Gasteiger partial charge on any atom is 0.350 e. The fourth-order valence-corrected chi connectivity index (χ4v) is 6.97. The Bertz CT molecular complexity index is 1140. The van der Waals surface area contributed by atoms with Gasteiger partial charge in [-0.15, -0.1) is 11.3 Å². The number of fused-ring (bicyclic) bond motifs is 1. The average molecular weight is 483 g/mol. The van der Waals surface area contributed by atoms with Crippen molar-refractivity contribution in [1.29, 1.82) is 0 Å². The molecule has 2 aromatic rings. The molecule has 31 heavy (non-hydrogen) atoms. The molecule has 0 aliphatic carbocycles. The SMILES string of the molecule is O=C1COc2ccc(C(=O)COC(=O)c3sccc3S(=O)(=O)N3CCSCC3)cc2N1. The van der Waals surface area contributed by atoms with Crippen molar-refractivity contribution in [2.45, 2.75) is 4.90 Å². The Morgan fingerprint density at radius 1 is 1.19 bits per heavy atom. The van der Waals surface area contributed by atoms with E-state index < -0.39 is 28.4 Å². The van der Waals surface area contributed by atoms with E-state index in [1.807, 2.05) is 0 Å². The Labute approximate surface area is 186 Å². The molecule has 2 aliphatic heterocycles. The molecule has 1 amide bonds. The number of amides is 1. The van der Waals surface area contributed by atoms with Crippen molar-refractivity contribution in [1.82, 2.24) is 4.31 Å². The summed E-state index contributed by atoms with van der Waals surface area (Å²) in [5, 5.41) is 4.11. The standard InChI is InChI=1S/C19H18N2O7S3/c22-14(12-1-2-15-13(9-12)20-17(23)11-27-15)10-28-19(24)18-16(3-6-30-18)31(25,26)21-4-7-29-8-5-21/h1-3,6,9H,4-5,7-8,10-11H2,(H,20,23). The molecule has 3 heterocycles. The van der Waals surface area contributed by atoms with E-state index in [4.69, 9.17) is 9.47 Å². The van der Waals surface area contributed by atoms with Crippen LogP contribution in [0.15, 0.2) is 34.5 Å². The fraction of sp³-hybridized carbons (Fsp3) is 0.316. The normalized spacial score (nSPS) is 16.7. The van der Waals surface area contributed by atoms with E-state index in [9.17, 15) is 22.8 Å². The Morgan fingerprint density at radius 3 is 2.74 bits per heavy atom. The lowest BCUT2D eigenvalue weighted by atomic mass is 10.1. The monoisotopic (exact) mass is 482 g/mol. The summed E-state index contributed by atoms with van der Waals surface area (Å²) in [5.41, 5.74) is 0.585.